The molecule has 0 spiro atoms. The molecule has 1 aliphatic rings. The molecular weight excluding hydrogens is 438 g/mol. The molecule has 1 aliphatic heterocycles. The number of ether oxygens (including phenoxy) is 2. The van der Waals surface area contributed by atoms with Gasteiger partial charge in [0.25, 0.3) is 5.91 Å². The van der Waals surface area contributed by atoms with E-state index in [1.54, 1.807) is 43.3 Å². The molecule has 1 atom stereocenters. The molecule has 7 nitrogen and oxygen atoms in total. The van der Waals surface area contributed by atoms with E-state index in [9.17, 15) is 19.8 Å². The Bertz CT molecular complexity index is 1030. The number of carboxylic acid groups (broad SMARTS) is 1. The smallest absolute Gasteiger partial charge is 0.344 e. The highest BCUT2D eigenvalue weighted by Gasteiger charge is 2.33. The molecule has 31 heavy (non-hydrogen) atoms. The van der Waals surface area contributed by atoms with E-state index >= 15 is 0 Å². The van der Waals surface area contributed by atoms with Gasteiger partial charge >= 0.3 is 5.97 Å². The second kappa shape index (κ2) is 9.84. The summed E-state index contributed by atoms with van der Waals surface area (Å²) >= 11 is 6.54. The minimum Gasteiger partial charge on any atom is -0.508 e. The van der Waals surface area contributed by atoms with Crippen LogP contribution in [0.3, 0.4) is 0 Å². The second-order valence-corrected chi connectivity index (χ2v) is 8.20. The Balaban J connectivity index is 1.88. The van der Waals surface area contributed by atoms with Crippen LogP contribution < -0.4 is 14.4 Å². The van der Waals surface area contributed by atoms with E-state index in [0.717, 1.165) is 0 Å². The van der Waals surface area contributed by atoms with Gasteiger partial charge in [0.2, 0.25) is 0 Å². The molecule has 2 N–H and O–H groups in total. The number of benzene rings is 2. The molecule has 2 aromatic rings. The minimum absolute atomic E-state index is 0.101. The summed E-state index contributed by atoms with van der Waals surface area (Å²) in [6.45, 7) is 3.91. The van der Waals surface area contributed by atoms with Gasteiger partial charge in [-0.25, -0.2) is 4.79 Å². The minimum atomic E-state index is -1.05. The van der Waals surface area contributed by atoms with Crippen molar-refractivity contribution >= 4 is 51.9 Å². The van der Waals surface area contributed by atoms with Crippen molar-refractivity contribution < 1.29 is 29.3 Å². The number of carboxylic acids is 1. The fourth-order valence-corrected chi connectivity index (χ4v) is 4.18. The highest BCUT2D eigenvalue weighted by Crippen LogP contribution is 2.37. The summed E-state index contributed by atoms with van der Waals surface area (Å²) in [7, 11) is 0. The number of thioether (sulfide) groups is 1. The van der Waals surface area contributed by atoms with Gasteiger partial charge in [-0.3, -0.25) is 9.69 Å². The summed E-state index contributed by atoms with van der Waals surface area (Å²) in [6, 6.07) is 11.3. The van der Waals surface area contributed by atoms with Gasteiger partial charge in [-0.2, -0.15) is 0 Å². The van der Waals surface area contributed by atoms with Gasteiger partial charge in [-0.05, 0) is 61.4 Å². The highest BCUT2D eigenvalue weighted by molar-refractivity contribution is 8.27. The van der Waals surface area contributed by atoms with Gasteiger partial charge in [0.1, 0.15) is 5.75 Å². The van der Waals surface area contributed by atoms with Gasteiger partial charge in [-0.15, -0.1) is 0 Å². The number of thiocarbonyl (C=S) groups is 1. The maximum absolute atomic E-state index is 12.9. The third-order valence-corrected chi connectivity index (χ3v) is 5.68. The predicted molar refractivity (Wildman–Crippen MR) is 124 cm³/mol. The van der Waals surface area contributed by atoms with Gasteiger partial charge in [0, 0.05) is 0 Å². The number of phenols is 1. The van der Waals surface area contributed by atoms with E-state index in [0.29, 0.717) is 45.0 Å². The fraction of sp³-hybridized carbons (Fsp3) is 0.227. The van der Waals surface area contributed by atoms with Crippen molar-refractivity contribution in [1.29, 1.82) is 0 Å². The molecule has 3 rings (SSSR count). The largest absolute Gasteiger partial charge is 0.508 e. The van der Waals surface area contributed by atoms with Crippen molar-refractivity contribution in [2.24, 2.45) is 0 Å². The van der Waals surface area contributed by atoms with Crippen molar-refractivity contribution in [1.82, 2.24) is 0 Å². The van der Waals surface area contributed by atoms with Crippen molar-refractivity contribution in [3.05, 3.63) is 52.9 Å². The lowest BCUT2D eigenvalue weighted by atomic mass is 10.1. The lowest BCUT2D eigenvalue weighted by molar-refractivity contribution is -0.145. The molecule has 2 aromatic carbocycles. The number of nitrogens with zero attached hydrogens (tertiary/aromatic N) is 1. The van der Waals surface area contributed by atoms with Crippen LogP contribution in [0.2, 0.25) is 0 Å². The Morgan fingerprint density at radius 1 is 1.19 bits per heavy atom. The van der Waals surface area contributed by atoms with Crippen LogP contribution in [0.1, 0.15) is 25.8 Å². The number of phenolic OH excluding ortho intramolecular Hbond substituents is 1. The zero-order chi connectivity index (χ0) is 22.5. The molecular formula is C22H21NO6S2. The first-order valence-corrected chi connectivity index (χ1v) is 10.8. The molecule has 0 bridgehead atoms. The molecule has 0 saturated carbocycles. The SMILES string of the molecule is CCOc1cc(/C=C2/SC(=S)N(c3ccc(O)cc3)C2=O)ccc1OC(CC)C(=O)O. The molecule has 0 aliphatic carbocycles. The monoisotopic (exact) mass is 459 g/mol. The van der Waals surface area contributed by atoms with Gasteiger partial charge in [0.05, 0.1) is 17.2 Å². The number of carbonyl (C=O) groups excluding carboxylic acids is 1. The number of hydrogen-bond donors (Lipinski definition) is 2. The Labute approximate surface area is 189 Å². The van der Waals surface area contributed by atoms with Crippen LogP contribution in [0.15, 0.2) is 47.4 Å². The average Bonchev–Trinajstić information content (AvgIpc) is 3.01. The Morgan fingerprint density at radius 3 is 2.52 bits per heavy atom. The van der Waals surface area contributed by atoms with Crippen LogP contribution in [-0.4, -0.2) is 39.1 Å². The predicted octanol–water partition coefficient (Wildman–Crippen LogP) is 4.44. The summed E-state index contributed by atoms with van der Waals surface area (Å²) in [5.41, 5.74) is 1.26. The summed E-state index contributed by atoms with van der Waals surface area (Å²) in [5.74, 6) is -0.499. The lowest BCUT2D eigenvalue weighted by Crippen LogP contribution is -2.27. The average molecular weight is 460 g/mol. The summed E-state index contributed by atoms with van der Waals surface area (Å²) < 4.78 is 11.6. The molecule has 1 unspecified atom stereocenters. The third kappa shape index (κ3) is 5.18. The Morgan fingerprint density at radius 2 is 1.90 bits per heavy atom. The number of anilines is 1. The van der Waals surface area contributed by atoms with Crippen LogP contribution in [0.25, 0.3) is 6.08 Å². The number of aromatic hydroxyl groups is 1. The Hall–Kier alpha value is -3.04. The van der Waals surface area contributed by atoms with Crippen LogP contribution in [0.5, 0.6) is 17.2 Å². The van der Waals surface area contributed by atoms with Gasteiger partial charge in [0.15, 0.2) is 21.9 Å². The highest BCUT2D eigenvalue weighted by atomic mass is 32.2. The van der Waals surface area contributed by atoms with E-state index in [4.69, 9.17) is 21.7 Å². The second-order valence-electron chi connectivity index (χ2n) is 6.53. The maximum Gasteiger partial charge on any atom is 0.344 e. The summed E-state index contributed by atoms with van der Waals surface area (Å²) in [6.07, 6.45) is 1.02. The first kappa shape index (κ1) is 22.6. The number of aliphatic carboxylic acids is 1. The number of hydrogen-bond acceptors (Lipinski definition) is 7. The third-order valence-electron chi connectivity index (χ3n) is 4.38. The molecule has 1 heterocycles. The van der Waals surface area contributed by atoms with Crippen molar-refractivity contribution in [2.75, 3.05) is 11.5 Å². The van der Waals surface area contributed by atoms with Crippen molar-refractivity contribution in [2.45, 2.75) is 26.4 Å². The standard InChI is InChI=1S/C22H21NO6S2/c1-3-16(21(26)27)29-17-10-5-13(11-18(17)28-4-2)12-19-20(25)23(22(30)31-19)14-6-8-15(24)9-7-14/h5-12,16,24H,3-4H2,1-2H3,(H,26,27)/b19-12+. The Kier molecular flexibility index (Phi) is 7.19. The quantitative estimate of drug-likeness (QED) is 0.442. The molecule has 9 heteroatoms. The summed E-state index contributed by atoms with van der Waals surface area (Å²) in [5, 5.41) is 18.7. The molecule has 0 radical (unpaired) electrons. The molecule has 162 valence electrons. The fourth-order valence-electron chi connectivity index (χ4n) is 2.89. The molecule has 1 amide bonds. The van der Waals surface area contributed by atoms with E-state index < -0.39 is 12.1 Å². The van der Waals surface area contributed by atoms with E-state index in [1.165, 1.54) is 28.8 Å². The van der Waals surface area contributed by atoms with E-state index in [1.807, 2.05) is 6.92 Å². The van der Waals surface area contributed by atoms with E-state index in [-0.39, 0.29) is 11.7 Å². The lowest BCUT2D eigenvalue weighted by Gasteiger charge is -2.17. The molecule has 0 aromatic heterocycles. The van der Waals surface area contributed by atoms with Crippen LogP contribution >= 0.6 is 24.0 Å². The zero-order valence-electron chi connectivity index (χ0n) is 16.9. The van der Waals surface area contributed by atoms with Gasteiger partial charge < -0.3 is 19.7 Å². The first-order chi connectivity index (χ1) is 14.8. The van der Waals surface area contributed by atoms with Crippen LogP contribution in [-0.2, 0) is 9.59 Å². The number of rotatable bonds is 8. The maximum atomic E-state index is 12.9. The van der Waals surface area contributed by atoms with Gasteiger partial charge in [-0.1, -0.05) is 37.0 Å². The molecule has 1 fully saturated rings. The zero-order valence-corrected chi connectivity index (χ0v) is 18.5. The molecule has 1 saturated heterocycles. The number of carbonyl (C=O) groups is 2. The van der Waals surface area contributed by atoms with Crippen molar-refractivity contribution in [3.63, 3.8) is 0 Å². The summed E-state index contributed by atoms with van der Waals surface area (Å²) in [4.78, 5) is 26.0. The number of amides is 1. The van der Waals surface area contributed by atoms with Crippen LogP contribution in [0.4, 0.5) is 5.69 Å². The van der Waals surface area contributed by atoms with Crippen molar-refractivity contribution in [3.8, 4) is 17.2 Å². The van der Waals surface area contributed by atoms with E-state index in [2.05, 4.69) is 0 Å². The normalized spacial score (nSPS) is 15.9. The van der Waals surface area contributed by atoms with Crippen LogP contribution in [0, 0.1) is 0 Å². The first-order valence-electron chi connectivity index (χ1n) is 9.57. The topological polar surface area (TPSA) is 96.3 Å².